The summed E-state index contributed by atoms with van der Waals surface area (Å²) in [5, 5.41) is 33.2. The molecule has 1 amide bonds. The Kier molecular flexibility index (Phi) is 43.1. The molecule has 54 heavy (non-hydrogen) atoms. The summed E-state index contributed by atoms with van der Waals surface area (Å²) in [4.78, 5) is 12.5. The summed E-state index contributed by atoms with van der Waals surface area (Å²) < 4.78 is 0. The molecule has 0 aromatic rings. The maximum atomic E-state index is 12.5. The Hall–Kier alpha value is -1.43. The molecule has 0 aromatic heterocycles. The molecule has 0 aliphatic carbocycles. The maximum Gasteiger partial charge on any atom is 0.249 e. The second kappa shape index (κ2) is 44.3. The lowest BCUT2D eigenvalue weighted by Gasteiger charge is -2.21. The summed E-state index contributed by atoms with van der Waals surface area (Å²) in [5.41, 5.74) is 0. The lowest BCUT2D eigenvalue weighted by Crippen LogP contribution is -2.48. The number of nitrogens with one attached hydrogen (secondary N) is 1. The van der Waals surface area contributed by atoms with Crippen LogP contribution in [-0.2, 0) is 4.79 Å². The number of amides is 1. The summed E-state index contributed by atoms with van der Waals surface area (Å²) in [6, 6.07) is -0.798. The van der Waals surface area contributed by atoms with Crippen LogP contribution in [0.4, 0.5) is 0 Å². The van der Waals surface area contributed by atoms with E-state index < -0.39 is 24.2 Å². The van der Waals surface area contributed by atoms with Crippen LogP contribution >= 0.6 is 0 Å². The number of hydrogen-bond donors (Lipinski definition) is 4. The Labute approximate surface area is 336 Å². The van der Waals surface area contributed by atoms with Crippen LogP contribution in [0.2, 0.25) is 0 Å². The standard InChI is InChI=1S/C49H93NO4/c1-3-5-7-9-11-13-15-17-19-20-21-22-23-24-25-26-27-28-29-30-32-34-36-38-40-42-44-48(53)49(54)50-46(45-51)47(52)43-41-39-37-35-33-31-18-16-14-12-10-8-6-4-2/h21-22,24-25,41,43,46-48,51-53H,3-20,23,26-40,42,44-45H2,1-2H3,(H,50,54)/b22-21-,25-24-,43-41+. The highest BCUT2D eigenvalue weighted by molar-refractivity contribution is 5.80. The number of carbonyl (C=O) groups is 1. The molecule has 0 rings (SSSR count). The molecular weight excluding hydrogens is 667 g/mol. The van der Waals surface area contributed by atoms with E-state index in [0.717, 1.165) is 38.5 Å². The van der Waals surface area contributed by atoms with Crippen molar-refractivity contribution in [2.75, 3.05) is 6.61 Å². The van der Waals surface area contributed by atoms with E-state index in [1.54, 1.807) is 6.08 Å². The van der Waals surface area contributed by atoms with Gasteiger partial charge in [0.15, 0.2) is 0 Å². The third kappa shape index (κ3) is 38.8. The van der Waals surface area contributed by atoms with Crippen molar-refractivity contribution < 1.29 is 20.1 Å². The lowest BCUT2D eigenvalue weighted by molar-refractivity contribution is -0.131. The zero-order valence-corrected chi connectivity index (χ0v) is 36.1. The molecule has 5 nitrogen and oxygen atoms in total. The molecule has 318 valence electrons. The van der Waals surface area contributed by atoms with E-state index in [2.05, 4.69) is 43.5 Å². The fourth-order valence-corrected chi connectivity index (χ4v) is 7.22. The summed E-state index contributed by atoms with van der Waals surface area (Å²) in [6.45, 7) is 4.18. The predicted molar refractivity (Wildman–Crippen MR) is 236 cm³/mol. The van der Waals surface area contributed by atoms with Gasteiger partial charge in [-0.1, -0.05) is 230 Å². The number of hydrogen-bond acceptors (Lipinski definition) is 4. The van der Waals surface area contributed by atoms with E-state index in [9.17, 15) is 20.1 Å². The molecule has 3 unspecified atom stereocenters. The molecule has 0 fully saturated rings. The van der Waals surface area contributed by atoms with Gasteiger partial charge in [0.1, 0.15) is 6.10 Å². The summed E-state index contributed by atoms with van der Waals surface area (Å²) >= 11 is 0. The van der Waals surface area contributed by atoms with Gasteiger partial charge in [0.2, 0.25) is 5.91 Å². The van der Waals surface area contributed by atoms with Gasteiger partial charge >= 0.3 is 0 Å². The normalized spacial score (nSPS) is 13.8. The predicted octanol–water partition coefficient (Wildman–Crippen LogP) is 13.9. The molecule has 4 N–H and O–H groups in total. The highest BCUT2D eigenvalue weighted by Gasteiger charge is 2.22. The van der Waals surface area contributed by atoms with Crippen LogP contribution in [0.15, 0.2) is 36.5 Å². The molecule has 0 saturated heterocycles. The van der Waals surface area contributed by atoms with Crippen molar-refractivity contribution in [2.45, 2.75) is 263 Å². The van der Waals surface area contributed by atoms with Crippen LogP contribution < -0.4 is 5.32 Å². The molecule has 0 aliphatic rings. The average Bonchev–Trinajstić information content (AvgIpc) is 3.18. The first kappa shape index (κ1) is 52.6. The number of unbranched alkanes of at least 4 members (excludes halogenated alkanes) is 31. The zero-order chi connectivity index (χ0) is 39.4. The molecule has 0 aromatic carbocycles. The van der Waals surface area contributed by atoms with Gasteiger partial charge in [-0.05, 0) is 51.4 Å². The highest BCUT2D eigenvalue weighted by Crippen LogP contribution is 2.15. The van der Waals surface area contributed by atoms with Crippen molar-refractivity contribution in [1.29, 1.82) is 0 Å². The van der Waals surface area contributed by atoms with Gasteiger partial charge < -0.3 is 20.6 Å². The van der Waals surface area contributed by atoms with Gasteiger partial charge in [-0.2, -0.15) is 0 Å². The van der Waals surface area contributed by atoms with Crippen LogP contribution in [0.1, 0.15) is 245 Å². The van der Waals surface area contributed by atoms with Gasteiger partial charge in [0.25, 0.3) is 0 Å². The Morgan fingerprint density at radius 1 is 0.463 bits per heavy atom. The van der Waals surface area contributed by atoms with Crippen LogP contribution in [0.3, 0.4) is 0 Å². The monoisotopic (exact) mass is 760 g/mol. The average molecular weight is 760 g/mol. The Balaban J connectivity index is 3.62. The van der Waals surface area contributed by atoms with Gasteiger partial charge in [0, 0.05) is 0 Å². The third-order valence-corrected chi connectivity index (χ3v) is 11.0. The minimum absolute atomic E-state index is 0.364. The fourth-order valence-electron chi connectivity index (χ4n) is 7.22. The van der Waals surface area contributed by atoms with Gasteiger partial charge in [0.05, 0.1) is 18.8 Å². The number of carbonyl (C=O) groups excluding carboxylic acids is 1. The van der Waals surface area contributed by atoms with E-state index in [1.165, 1.54) is 186 Å². The number of allylic oxidation sites excluding steroid dienone is 5. The van der Waals surface area contributed by atoms with Crippen molar-refractivity contribution >= 4 is 5.91 Å². The summed E-state index contributed by atoms with van der Waals surface area (Å²) in [7, 11) is 0. The Morgan fingerprint density at radius 3 is 1.17 bits per heavy atom. The minimum Gasteiger partial charge on any atom is -0.394 e. The van der Waals surface area contributed by atoms with E-state index in [4.69, 9.17) is 0 Å². The zero-order valence-electron chi connectivity index (χ0n) is 36.1. The first-order valence-corrected chi connectivity index (χ1v) is 23.8. The summed E-state index contributed by atoms with van der Waals surface area (Å²) in [5.74, 6) is -0.505. The molecule has 5 heteroatoms. The van der Waals surface area contributed by atoms with Crippen molar-refractivity contribution in [3.05, 3.63) is 36.5 Å². The van der Waals surface area contributed by atoms with Crippen molar-refractivity contribution in [3.8, 4) is 0 Å². The van der Waals surface area contributed by atoms with Crippen molar-refractivity contribution in [1.82, 2.24) is 5.32 Å². The maximum absolute atomic E-state index is 12.5. The largest absolute Gasteiger partial charge is 0.394 e. The summed E-state index contributed by atoms with van der Waals surface area (Å²) in [6.07, 6.45) is 56.1. The van der Waals surface area contributed by atoms with E-state index in [0.29, 0.717) is 6.42 Å². The van der Waals surface area contributed by atoms with E-state index in [-0.39, 0.29) is 6.61 Å². The molecule has 0 spiro atoms. The van der Waals surface area contributed by atoms with Crippen LogP contribution in [0.25, 0.3) is 0 Å². The second-order valence-electron chi connectivity index (χ2n) is 16.3. The fraction of sp³-hybridized carbons (Fsp3) is 0.857. The van der Waals surface area contributed by atoms with Gasteiger partial charge in [-0.3, -0.25) is 4.79 Å². The quantitative estimate of drug-likeness (QED) is 0.0368. The minimum atomic E-state index is -1.10. The molecule has 0 aliphatic heterocycles. The molecule has 0 radical (unpaired) electrons. The van der Waals surface area contributed by atoms with Crippen molar-refractivity contribution in [3.63, 3.8) is 0 Å². The Morgan fingerprint density at radius 2 is 0.796 bits per heavy atom. The number of aliphatic hydroxyl groups excluding tert-OH is 3. The van der Waals surface area contributed by atoms with Crippen LogP contribution in [-0.4, -0.2) is 46.1 Å². The van der Waals surface area contributed by atoms with Crippen LogP contribution in [0, 0.1) is 0 Å². The first-order valence-electron chi connectivity index (χ1n) is 23.8. The smallest absolute Gasteiger partial charge is 0.249 e. The van der Waals surface area contributed by atoms with Gasteiger partial charge in [-0.15, -0.1) is 0 Å². The SMILES string of the molecule is CCCCCCCCCCC/C=C\C/C=C\CCCCCCCCCCCCC(O)C(=O)NC(CO)C(O)/C=C/CCCCCCCCCCCCCC. The molecule has 3 atom stereocenters. The number of rotatable bonds is 43. The molecule has 0 saturated carbocycles. The highest BCUT2D eigenvalue weighted by atomic mass is 16.3. The van der Waals surface area contributed by atoms with E-state index >= 15 is 0 Å². The molecular formula is C49H93NO4. The molecule has 0 heterocycles. The number of aliphatic hydroxyl groups is 3. The second-order valence-corrected chi connectivity index (χ2v) is 16.3. The first-order chi connectivity index (χ1) is 26.6. The van der Waals surface area contributed by atoms with Crippen LogP contribution in [0.5, 0.6) is 0 Å². The third-order valence-electron chi connectivity index (χ3n) is 11.0. The van der Waals surface area contributed by atoms with Gasteiger partial charge in [-0.25, -0.2) is 0 Å². The van der Waals surface area contributed by atoms with E-state index in [1.807, 2.05) is 6.08 Å². The molecule has 0 bridgehead atoms. The lowest BCUT2D eigenvalue weighted by atomic mass is 10.0. The topological polar surface area (TPSA) is 89.8 Å². The Bertz CT molecular complexity index is 840. The van der Waals surface area contributed by atoms with Crippen molar-refractivity contribution in [2.24, 2.45) is 0 Å².